The molecule has 0 bridgehead atoms. The lowest BCUT2D eigenvalue weighted by atomic mass is 9.95. The lowest BCUT2D eigenvalue weighted by Crippen LogP contribution is -2.31. The Balaban J connectivity index is 1.87. The third kappa shape index (κ3) is 11.2. The number of aromatic nitrogens is 1. The molecule has 1 atom stereocenters. The molecule has 1 aromatic carbocycles. The summed E-state index contributed by atoms with van der Waals surface area (Å²) in [5.74, 6) is 0.849. The second-order valence-electron chi connectivity index (χ2n) is 9.47. The molecule has 0 aliphatic carbocycles. The minimum absolute atomic E-state index is 0.162. The van der Waals surface area contributed by atoms with Gasteiger partial charge in [0.15, 0.2) is 6.61 Å². The van der Waals surface area contributed by atoms with E-state index in [4.69, 9.17) is 14.0 Å². The van der Waals surface area contributed by atoms with Crippen LogP contribution in [0.5, 0.6) is 5.75 Å². The summed E-state index contributed by atoms with van der Waals surface area (Å²) in [6.07, 6.45) is 11.1. The molecule has 1 heterocycles. The molecule has 0 spiro atoms. The Bertz CT molecular complexity index is 1060. The van der Waals surface area contributed by atoms with Crippen molar-refractivity contribution in [2.24, 2.45) is 0 Å². The van der Waals surface area contributed by atoms with Crippen LogP contribution in [0.15, 0.2) is 59.7 Å². The first-order chi connectivity index (χ1) is 18.9. The third-order valence-electron chi connectivity index (χ3n) is 6.33. The number of amides is 1. The fourth-order valence-electron chi connectivity index (χ4n) is 4.28. The number of allylic oxidation sites excluding steroid dienone is 2. The maximum absolute atomic E-state index is 12.4. The van der Waals surface area contributed by atoms with Gasteiger partial charge in [-0.15, -0.1) is 0 Å². The average Bonchev–Trinajstić information content (AvgIpc) is 3.28. The van der Waals surface area contributed by atoms with E-state index < -0.39 is 6.10 Å². The molecule has 3 N–H and O–H groups in total. The lowest BCUT2D eigenvalue weighted by Gasteiger charge is -2.16. The highest BCUT2D eigenvalue weighted by atomic mass is 16.5. The highest BCUT2D eigenvalue weighted by molar-refractivity contribution is 5.77. The van der Waals surface area contributed by atoms with Crippen LogP contribution in [0.4, 0.5) is 0 Å². The van der Waals surface area contributed by atoms with Crippen LogP contribution in [-0.2, 0) is 9.53 Å². The number of aliphatic hydroxyl groups is 1. The molecule has 214 valence electrons. The Morgan fingerprint density at radius 3 is 2.49 bits per heavy atom. The largest absolute Gasteiger partial charge is 0.484 e. The van der Waals surface area contributed by atoms with Crippen molar-refractivity contribution in [2.45, 2.75) is 58.5 Å². The number of nitrogens with one attached hydrogen (secondary N) is 2. The van der Waals surface area contributed by atoms with E-state index in [1.807, 2.05) is 33.0 Å². The average molecular weight is 540 g/mol. The monoisotopic (exact) mass is 539 g/mol. The number of aryl methyl sites for hydroxylation is 2. The van der Waals surface area contributed by atoms with Crippen molar-refractivity contribution in [3.8, 4) is 16.9 Å². The number of nitrogens with zero attached hydrogens (tertiary/aromatic N) is 1. The Hall–Kier alpha value is -3.20. The second-order valence-corrected chi connectivity index (χ2v) is 9.47. The van der Waals surface area contributed by atoms with Crippen LogP contribution in [-0.4, -0.2) is 56.1 Å². The summed E-state index contributed by atoms with van der Waals surface area (Å²) in [5.41, 5.74) is 3.48. The van der Waals surface area contributed by atoms with Gasteiger partial charge < -0.3 is 29.7 Å². The molecule has 0 radical (unpaired) electrons. The van der Waals surface area contributed by atoms with Gasteiger partial charge in [-0.05, 0) is 75.2 Å². The predicted molar refractivity (Wildman–Crippen MR) is 156 cm³/mol. The summed E-state index contributed by atoms with van der Waals surface area (Å²) in [4.78, 5) is 12.4. The van der Waals surface area contributed by atoms with Crippen molar-refractivity contribution in [1.29, 1.82) is 0 Å². The molecule has 8 nitrogen and oxygen atoms in total. The van der Waals surface area contributed by atoms with Crippen molar-refractivity contribution < 1.29 is 23.9 Å². The van der Waals surface area contributed by atoms with Crippen molar-refractivity contribution in [2.75, 3.05) is 40.0 Å². The summed E-state index contributed by atoms with van der Waals surface area (Å²) in [7, 11) is 1.99. The lowest BCUT2D eigenvalue weighted by molar-refractivity contribution is -0.123. The molecule has 2 rings (SSSR count). The normalized spacial score (nSPS) is 12.3. The van der Waals surface area contributed by atoms with Gasteiger partial charge in [0.2, 0.25) is 0 Å². The van der Waals surface area contributed by atoms with Crippen LogP contribution in [0, 0.1) is 13.8 Å². The van der Waals surface area contributed by atoms with E-state index in [-0.39, 0.29) is 12.5 Å². The summed E-state index contributed by atoms with van der Waals surface area (Å²) in [5, 5.41) is 21.0. The molecule has 1 aromatic heterocycles. The second kappa shape index (κ2) is 18.2. The summed E-state index contributed by atoms with van der Waals surface area (Å²) < 4.78 is 16.8. The van der Waals surface area contributed by atoms with Crippen molar-refractivity contribution in [3.63, 3.8) is 0 Å². The number of ether oxygens (including phenoxy) is 2. The van der Waals surface area contributed by atoms with E-state index >= 15 is 0 Å². The van der Waals surface area contributed by atoms with Crippen LogP contribution in [0.2, 0.25) is 0 Å². The van der Waals surface area contributed by atoms with Gasteiger partial charge in [0.25, 0.3) is 5.91 Å². The number of benzene rings is 1. The molecule has 0 saturated carbocycles. The number of carbonyl (C=O) groups excluding carboxylic acids is 1. The summed E-state index contributed by atoms with van der Waals surface area (Å²) >= 11 is 0. The maximum atomic E-state index is 12.4. The van der Waals surface area contributed by atoms with Crippen molar-refractivity contribution >= 4 is 5.91 Å². The van der Waals surface area contributed by atoms with Gasteiger partial charge in [-0.2, -0.15) is 0 Å². The smallest absolute Gasteiger partial charge is 0.258 e. The molecule has 39 heavy (non-hydrogen) atoms. The van der Waals surface area contributed by atoms with Crippen LogP contribution >= 0.6 is 0 Å². The standard InChI is InChI=1S/C31H45N3O5/c1-6-14-25(7-2)31(36)27-19-26(30-23(3)34-39-24(30)4)20-28(21-27)38-22-29(35)33-16-18-37-17-13-11-9-8-10-12-15-32-5/h6-7,14,19-21,31-32,36H,1-2,8-13,15-18,22H2,3-5H3,(H,33,35)/b25-14+. The Morgan fingerprint density at radius 2 is 1.82 bits per heavy atom. The topological polar surface area (TPSA) is 106 Å². The number of carbonyl (C=O) groups is 1. The Labute approximate surface area is 233 Å². The zero-order valence-corrected chi connectivity index (χ0v) is 23.8. The van der Waals surface area contributed by atoms with E-state index in [0.717, 1.165) is 29.8 Å². The molecule has 2 aromatic rings. The molecule has 1 amide bonds. The molecule has 8 heteroatoms. The van der Waals surface area contributed by atoms with Crippen molar-refractivity contribution in [3.05, 3.63) is 72.2 Å². The Morgan fingerprint density at radius 1 is 1.08 bits per heavy atom. The van der Waals surface area contributed by atoms with Gasteiger partial charge in [0.05, 0.1) is 12.3 Å². The van der Waals surface area contributed by atoms with Crippen LogP contribution in [0.3, 0.4) is 0 Å². The van der Waals surface area contributed by atoms with Gasteiger partial charge in [-0.3, -0.25) is 4.79 Å². The molecule has 0 saturated heterocycles. The number of hydrogen-bond acceptors (Lipinski definition) is 7. The van der Waals surface area contributed by atoms with E-state index in [1.54, 1.807) is 24.3 Å². The molecular formula is C31H45N3O5. The van der Waals surface area contributed by atoms with Gasteiger partial charge in [0.1, 0.15) is 17.6 Å². The van der Waals surface area contributed by atoms with Gasteiger partial charge >= 0.3 is 0 Å². The first-order valence-electron chi connectivity index (χ1n) is 13.7. The SMILES string of the molecule is C=C/C=C(\C=C)C(O)c1cc(OCC(=O)NCCOCCCCCCCCNC)cc(-c2c(C)noc2C)c1. The minimum atomic E-state index is -0.951. The van der Waals surface area contributed by atoms with Crippen LogP contribution in [0.25, 0.3) is 11.1 Å². The zero-order chi connectivity index (χ0) is 28.5. The first-order valence-corrected chi connectivity index (χ1v) is 13.7. The number of rotatable bonds is 20. The van der Waals surface area contributed by atoms with Gasteiger partial charge in [-0.1, -0.05) is 62.2 Å². The van der Waals surface area contributed by atoms with E-state index in [0.29, 0.717) is 42.4 Å². The molecular weight excluding hydrogens is 494 g/mol. The van der Waals surface area contributed by atoms with Crippen molar-refractivity contribution in [1.82, 2.24) is 15.8 Å². The van der Waals surface area contributed by atoms with E-state index in [9.17, 15) is 9.90 Å². The highest BCUT2D eigenvalue weighted by Gasteiger charge is 2.18. The summed E-state index contributed by atoms with van der Waals surface area (Å²) in [6.45, 7) is 13.7. The minimum Gasteiger partial charge on any atom is -0.484 e. The fourth-order valence-corrected chi connectivity index (χ4v) is 4.28. The fraction of sp³-hybridized carbons (Fsp3) is 0.484. The Kier molecular flexibility index (Phi) is 14.9. The number of hydrogen-bond donors (Lipinski definition) is 3. The maximum Gasteiger partial charge on any atom is 0.258 e. The van der Waals surface area contributed by atoms with E-state index in [1.165, 1.54) is 32.1 Å². The van der Waals surface area contributed by atoms with Gasteiger partial charge in [-0.25, -0.2) is 0 Å². The van der Waals surface area contributed by atoms with Crippen LogP contribution < -0.4 is 15.4 Å². The number of unbranched alkanes of at least 4 members (excludes halogenated alkanes) is 5. The quantitative estimate of drug-likeness (QED) is 0.154. The van der Waals surface area contributed by atoms with Crippen LogP contribution in [0.1, 0.15) is 61.6 Å². The third-order valence-corrected chi connectivity index (χ3v) is 6.33. The molecule has 0 aliphatic rings. The molecule has 1 unspecified atom stereocenters. The highest BCUT2D eigenvalue weighted by Crippen LogP contribution is 2.34. The predicted octanol–water partition coefficient (Wildman–Crippen LogP) is 5.36. The molecule has 0 fully saturated rings. The zero-order valence-electron chi connectivity index (χ0n) is 23.8. The molecule has 0 aliphatic heterocycles. The van der Waals surface area contributed by atoms with E-state index in [2.05, 4.69) is 28.9 Å². The first kappa shape index (κ1) is 32.0. The summed E-state index contributed by atoms with van der Waals surface area (Å²) in [6, 6.07) is 5.38. The van der Waals surface area contributed by atoms with Gasteiger partial charge in [0, 0.05) is 18.7 Å². The number of aliphatic hydroxyl groups excluding tert-OH is 1.